The number of hydrogen-bond acceptors (Lipinski definition) is 6. The highest BCUT2D eigenvalue weighted by Crippen LogP contribution is 2.44. The third-order valence-corrected chi connectivity index (χ3v) is 4.99. The van der Waals surface area contributed by atoms with E-state index >= 15 is 0 Å². The number of aliphatic carboxylic acids is 1. The molecule has 1 unspecified atom stereocenters. The number of ether oxygens (including phenoxy) is 2. The zero-order chi connectivity index (χ0) is 23.0. The van der Waals surface area contributed by atoms with E-state index in [2.05, 4.69) is 0 Å². The summed E-state index contributed by atoms with van der Waals surface area (Å²) in [5.41, 5.74) is 6.50. The summed E-state index contributed by atoms with van der Waals surface area (Å²) in [6, 6.07) is 15.5. The number of carbonyl (C=O) groups excluding carboxylic acids is 2. The van der Waals surface area contributed by atoms with Crippen LogP contribution in [-0.4, -0.2) is 46.0 Å². The van der Waals surface area contributed by atoms with Crippen LogP contribution in [0.3, 0.4) is 0 Å². The smallest absolute Gasteiger partial charge is 0.421 e. The van der Waals surface area contributed by atoms with Gasteiger partial charge in [-0.1, -0.05) is 48.5 Å². The van der Waals surface area contributed by atoms with Crippen molar-refractivity contribution in [1.82, 2.24) is 4.90 Å². The predicted molar refractivity (Wildman–Crippen MR) is 113 cm³/mol. The Balaban J connectivity index is 1.86. The van der Waals surface area contributed by atoms with Crippen molar-refractivity contribution in [2.75, 3.05) is 6.61 Å². The lowest BCUT2D eigenvalue weighted by atomic mass is 9.98. The van der Waals surface area contributed by atoms with Crippen molar-refractivity contribution in [3.63, 3.8) is 0 Å². The number of nitrogens with two attached hydrogens (primary N) is 1. The van der Waals surface area contributed by atoms with E-state index in [-0.39, 0.29) is 12.5 Å². The maximum Gasteiger partial charge on any atom is 0.421 e. The molecule has 0 aromatic heterocycles. The van der Waals surface area contributed by atoms with Gasteiger partial charge in [0, 0.05) is 5.92 Å². The second kappa shape index (κ2) is 8.03. The quantitative estimate of drug-likeness (QED) is 0.711. The largest absolute Gasteiger partial charge is 0.478 e. The maximum atomic E-state index is 12.9. The molecular weight excluding hydrogens is 400 g/mol. The molecule has 0 saturated carbocycles. The fraction of sp³-hybridized carbons (Fsp3) is 0.348. The Morgan fingerprint density at radius 1 is 0.935 bits per heavy atom. The molecule has 0 aliphatic heterocycles. The Morgan fingerprint density at radius 2 is 1.42 bits per heavy atom. The van der Waals surface area contributed by atoms with E-state index in [1.54, 1.807) is 20.8 Å². The highest BCUT2D eigenvalue weighted by Gasteiger charge is 2.46. The van der Waals surface area contributed by atoms with E-state index in [4.69, 9.17) is 15.2 Å². The van der Waals surface area contributed by atoms with Crippen LogP contribution in [0.1, 0.15) is 44.7 Å². The Bertz CT molecular complexity index is 979. The number of rotatable bonds is 4. The van der Waals surface area contributed by atoms with Crippen LogP contribution >= 0.6 is 0 Å². The number of fused-ring (bicyclic) bond motifs is 3. The van der Waals surface area contributed by atoms with Gasteiger partial charge in [0.1, 0.15) is 12.2 Å². The first-order valence-corrected chi connectivity index (χ1v) is 9.84. The molecule has 2 aromatic rings. The van der Waals surface area contributed by atoms with Crippen LogP contribution in [0.15, 0.2) is 48.5 Å². The molecule has 2 amide bonds. The van der Waals surface area contributed by atoms with Gasteiger partial charge >= 0.3 is 18.2 Å². The van der Waals surface area contributed by atoms with Gasteiger partial charge in [-0.3, -0.25) is 5.73 Å². The number of hydrogen-bond donors (Lipinski definition) is 2. The monoisotopic (exact) mass is 426 g/mol. The first kappa shape index (κ1) is 22.3. The average Bonchev–Trinajstić information content (AvgIpc) is 2.98. The van der Waals surface area contributed by atoms with E-state index in [1.807, 2.05) is 48.5 Å². The van der Waals surface area contributed by atoms with Crippen molar-refractivity contribution in [3.8, 4) is 11.1 Å². The van der Waals surface area contributed by atoms with Gasteiger partial charge in [-0.05, 0) is 49.9 Å². The minimum Gasteiger partial charge on any atom is -0.478 e. The first-order chi connectivity index (χ1) is 14.4. The number of benzene rings is 2. The van der Waals surface area contributed by atoms with Crippen LogP contribution in [0.5, 0.6) is 0 Å². The maximum absolute atomic E-state index is 12.9. The summed E-state index contributed by atoms with van der Waals surface area (Å²) in [4.78, 5) is 37.4. The lowest BCUT2D eigenvalue weighted by Gasteiger charge is -2.33. The van der Waals surface area contributed by atoms with Crippen molar-refractivity contribution in [2.45, 2.75) is 44.9 Å². The van der Waals surface area contributed by atoms with Crippen molar-refractivity contribution < 1.29 is 29.0 Å². The van der Waals surface area contributed by atoms with Gasteiger partial charge in [0.15, 0.2) is 0 Å². The topological polar surface area (TPSA) is 119 Å². The van der Waals surface area contributed by atoms with Crippen LogP contribution in [0.4, 0.5) is 9.59 Å². The third kappa shape index (κ3) is 4.39. The van der Waals surface area contributed by atoms with Gasteiger partial charge in [-0.15, -0.1) is 0 Å². The number of nitrogens with zero attached hydrogens (tertiary/aromatic N) is 1. The van der Waals surface area contributed by atoms with Crippen molar-refractivity contribution in [1.29, 1.82) is 0 Å². The SMILES string of the molecule is CC(C)(C)OC(=O)N(C(=O)OCC1c2ccccc2-c2ccccc21)C(C)(N)C(=O)O. The zero-order valence-electron chi connectivity index (χ0n) is 17.9. The molecule has 0 saturated heterocycles. The fourth-order valence-corrected chi connectivity index (χ4v) is 3.52. The summed E-state index contributed by atoms with van der Waals surface area (Å²) >= 11 is 0. The van der Waals surface area contributed by atoms with Crippen LogP contribution in [0.2, 0.25) is 0 Å². The molecule has 0 bridgehead atoms. The van der Waals surface area contributed by atoms with Gasteiger partial charge in [-0.2, -0.15) is 4.90 Å². The van der Waals surface area contributed by atoms with Crippen molar-refractivity contribution in [3.05, 3.63) is 59.7 Å². The first-order valence-electron chi connectivity index (χ1n) is 9.84. The Labute approximate surface area is 180 Å². The molecule has 8 heteroatoms. The lowest BCUT2D eigenvalue weighted by molar-refractivity contribution is -0.148. The molecule has 3 rings (SSSR count). The molecule has 0 fully saturated rings. The van der Waals surface area contributed by atoms with Crippen molar-refractivity contribution in [2.24, 2.45) is 5.73 Å². The van der Waals surface area contributed by atoms with Gasteiger partial charge in [0.2, 0.25) is 5.66 Å². The number of carboxylic acids is 1. The number of carboxylic acid groups (broad SMARTS) is 1. The van der Waals surface area contributed by atoms with Crippen LogP contribution in [0.25, 0.3) is 11.1 Å². The predicted octanol–water partition coefficient (Wildman–Crippen LogP) is 3.93. The number of carbonyl (C=O) groups is 3. The summed E-state index contributed by atoms with van der Waals surface area (Å²) < 4.78 is 10.6. The third-order valence-electron chi connectivity index (χ3n) is 4.99. The highest BCUT2D eigenvalue weighted by atomic mass is 16.6. The normalized spacial score (nSPS) is 14.7. The molecule has 0 heterocycles. The molecule has 8 nitrogen and oxygen atoms in total. The fourth-order valence-electron chi connectivity index (χ4n) is 3.52. The molecule has 1 aliphatic rings. The summed E-state index contributed by atoms with van der Waals surface area (Å²) in [5, 5.41) is 9.47. The summed E-state index contributed by atoms with van der Waals surface area (Å²) in [6.45, 7) is 5.71. The van der Waals surface area contributed by atoms with E-state index in [0.717, 1.165) is 29.2 Å². The Morgan fingerprint density at radius 3 is 1.87 bits per heavy atom. The molecule has 164 valence electrons. The summed E-state index contributed by atoms with van der Waals surface area (Å²) in [7, 11) is 0. The molecule has 2 aromatic carbocycles. The van der Waals surface area contributed by atoms with Gasteiger partial charge < -0.3 is 14.6 Å². The van der Waals surface area contributed by atoms with E-state index in [9.17, 15) is 19.5 Å². The van der Waals surface area contributed by atoms with Crippen LogP contribution < -0.4 is 5.73 Å². The van der Waals surface area contributed by atoms with Crippen molar-refractivity contribution >= 4 is 18.2 Å². The molecule has 1 atom stereocenters. The molecule has 0 radical (unpaired) electrons. The van der Waals surface area contributed by atoms with Crippen LogP contribution in [0, 0.1) is 0 Å². The minimum atomic E-state index is -2.36. The van der Waals surface area contributed by atoms with Gasteiger partial charge in [0.05, 0.1) is 0 Å². The molecular formula is C23H26N2O6. The zero-order valence-corrected chi connectivity index (χ0v) is 17.9. The van der Waals surface area contributed by atoms with E-state index in [1.165, 1.54) is 0 Å². The second-order valence-corrected chi connectivity index (χ2v) is 8.57. The Kier molecular flexibility index (Phi) is 5.78. The van der Waals surface area contributed by atoms with Crippen LogP contribution in [-0.2, 0) is 14.3 Å². The average molecular weight is 426 g/mol. The number of imide groups is 1. The molecule has 3 N–H and O–H groups in total. The van der Waals surface area contributed by atoms with E-state index in [0.29, 0.717) is 4.90 Å². The second-order valence-electron chi connectivity index (χ2n) is 8.57. The summed E-state index contributed by atoms with van der Waals surface area (Å²) in [5.74, 6) is -1.84. The minimum absolute atomic E-state index is 0.0954. The summed E-state index contributed by atoms with van der Waals surface area (Å²) in [6.07, 6.45) is -2.39. The standard InChI is InChI=1S/C23H26N2O6/c1-22(2,3)31-21(29)25(23(4,24)19(26)27)20(28)30-13-18-16-11-7-5-9-14(16)15-10-6-8-12-17(15)18/h5-12,18H,13,24H2,1-4H3,(H,26,27). The number of amides is 2. The lowest BCUT2D eigenvalue weighted by Crippen LogP contribution is -2.64. The van der Waals surface area contributed by atoms with Gasteiger partial charge in [0.25, 0.3) is 0 Å². The highest BCUT2D eigenvalue weighted by molar-refractivity contribution is 5.95. The van der Waals surface area contributed by atoms with Gasteiger partial charge in [-0.25, -0.2) is 14.4 Å². The Hall–Kier alpha value is -3.39. The molecule has 31 heavy (non-hydrogen) atoms. The van der Waals surface area contributed by atoms with E-state index < -0.39 is 29.4 Å². The molecule has 0 spiro atoms. The molecule has 1 aliphatic carbocycles.